The van der Waals surface area contributed by atoms with Crippen LogP contribution in [0.15, 0.2) is 30.3 Å². The largest absolute Gasteiger partial charge is 0.772 e. The van der Waals surface area contributed by atoms with E-state index in [-0.39, 0.29) is 11.9 Å². The van der Waals surface area contributed by atoms with Crippen LogP contribution >= 0.6 is 0 Å². The molecule has 0 aliphatic carbocycles. The van der Waals surface area contributed by atoms with Crippen LogP contribution in [0.4, 0.5) is 0 Å². The van der Waals surface area contributed by atoms with Gasteiger partial charge in [0.15, 0.2) is 0 Å². The molecule has 0 radical (unpaired) electrons. The molecule has 2 aromatic heterocycles. The molecule has 1 aromatic carbocycles. The molecule has 2 atom stereocenters. The van der Waals surface area contributed by atoms with Gasteiger partial charge < -0.3 is 14.3 Å². The van der Waals surface area contributed by atoms with Gasteiger partial charge in [-0.05, 0) is 68.1 Å². The molecule has 3 heterocycles. The Kier molecular flexibility index (Phi) is 7.10. The second-order valence-corrected chi connectivity index (χ2v) is 10.0. The summed E-state index contributed by atoms with van der Waals surface area (Å²) in [6, 6.07) is 10.9. The van der Waals surface area contributed by atoms with Crippen molar-refractivity contribution in [3.05, 3.63) is 52.8 Å². The van der Waals surface area contributed by atoms with Crippen molar-refractivity contribution in [2.45, 2.75) is 46.1 Å². The van der Waals surface area contributed by atoms with Crippen molar-refractivity contribution >= 4 is 22.0 Å². The first-order valence-electron chi connectivity index (χ1n) is 11.3. The average molecular weight is 455 g/mol. The summed E-state index contributed by atoms with van der Waals surface area (Å²) in [5.74, 6) is 0.575. The predicted octanol–water partition coefficient (Wildman–Crippen LogP) is 4.61. The normalized spacial score (nSPS) is 18.5. The number of fused-ring (bicyclic) bond motifs is 1. The number of nitrogens with one attached hydrogen (secondary N) is 1. The molecule has 4 rings (SSSR count). The minimum Gasteiger partial charge on any atom is -0.772 e. The Morgan fingerprint density at radius 1 is 1.25 bits per heavy atom. The van der Waals surface area contributed by atoms with Gasteiger partial charge in [-0.15, -0.1) is 0 Å². The van der Waals surface area contributed by atoms with Crippen molar-refractivity contribution in [3.8, 4) is 11.3 Å². The second kappa shape index (κ2) is 9.83. The SMILES string of the molecule is Cc1cc(-c2[nH]c3ccc(C4CN(CCCS(=O)[O-])CCO4)cc3c2C(C)C)cc(C)n1. The Hall–Kier alpha value is -2.06. The predicted molar refractivity (Wildman–Crippen MR) is 129 cm³/mol. The summed E-state index contributed by atoms with van der Waals surface area (Å²) in [4.78, 5) is 10.5. The Balaban J connectivity index is 1.65. The molecule has 0 saturated carbocycles. The lowest BCUT2D eigenvalue weighted by Crippen LogP contribution is -2.39. The molecule has 1 aliphatic heterocycles. The molecular weight excluding hydrogens is 422 g/mol. The highest BCUT2D eigenvalue weighted by Crippen LogP contribution is 2.37. The van der Waals surface area contributed by atoms with Crippen molar-refractivity contribution < 1.29 is 13.5 Å². The number of hydrogen-bond acceptors (Lipinski definition) is 5. The highest BCUT2D eigenvalue weighted by molar-refractivity contribution is 7.79. The standard InChI is InChI=1S/C25H33N3O3S/c1-16(2)24-21-14-19(23-15-28(9-10-31-23)8-5-11-32(29)30)6-7-22(21)27-25(24)20-12-17(3)26-18(4)13-20/h6-7,12-14,16,23,27H,5,8-11,15H2,1-4H3,(H,29,30)/p-1. The number of pyridine rings is 1. The van der Waals surface area contributed by atoms with E-state index in [1.54, 1.807) is 0 Å². The van der Waals surface area contributed by atoms with Gasteiger partial charge in [0.25, 0.3) is 0 Å². The first kappa shape index (κ1) is 23.1. The fourth-order valence-corrected chi connectivity index (χ4v) is 5.11. The van der Waals surface area contributed by atoms with E-state index in [0.29, 0.717) is 18.9 Å². The number of hydrogen-bond donors (Lipinski definition) is 1. The van der Waals surface area contributed by atoms with E-state index >= 15 is 0 Å². The summed E-state index contributed by atoms with van der Waals surface area (Å²) in [5, 5.41) is 1.24. The molecule has 1 aliphatic rings. The lowest BCUT2D eigenvalue weighted by atomic mass is 9.94. The summed E-state index contributed by atoms with van der Waals surface area (Å²) in [5.41, 5.74) is 7.99. The number of H-pyrrole nitrogens is 1. The number of aryl methyl sites for hydroxylation is 2. The number of morpholine rings is 1. The van der Waals surface area contributed by atoms with E-state index < -0.39 is 11.1 Å². The van der Waals surface area contributed by atoms with Crippen LogP contribution in [-0.4, -0.2) is 55.6 Å². The molecule has 3 aromatic rings. The maximum absolute atomic E-state index is 10.8. The third-order valence-electron chi connectivity index (χ3n) is 6.12. The van der Waals surface area contributed by atoms with Gasteiger partial charge in [0.2, 0.25) is 0 Å². The van der Waals surface area contributed by atoms with Gasteiger partial charge in [-0.25, -0.2) is 0 Å². The van der Waals surface area contributed by atoms with E-state index in [0.717, 1.165) is 42.2 Å². The average Bonchev–Trinajstić information content (AvgIpc) is 3.12. The van der Waals surface area contributed by atoms with Gasteiger partial charge >= 0.3 is 0 Å². The number of aromatic nitrogens is 2. The lowest BCUT2D eigenvalue weighted by molar-refractivity contribution is -0.0297. The van der Waals surface area contributed by atoms with Crippen LogP contribution < -0.4 is 0 Å². The molecule has 0 amide bonds. The Morgan fingerprint density at radius 3 is 2.69 bits per heavy atom. The smallest absolute Gasteiger partial charge is 0.0952 e. The van der Waals surface area contributed by atoms with Gasteiger partial charge in [-0.3, -0.25) is 14.1 Å². The maximum atomic E-state index is 10.8. The third kappa shape index (κ3) is 5.12. The first-order valence-corrected chi connectivity index (χ1v) is 12.6. The number of nitrogens with zero attached hydrogens (tertiary/aromatic N) is 2. The topological polar surface area (TPSA) is 81.3 Å². The lowest BCUT2D eigenvalue weighted by Gasteiger charge is -2.33. The monoisotopic (exact) mass is 454 g/mol. The summed E-state index contributed by atoms with van der Waals surface area (Å²) in [6.45, 7) is 11.6. The molecular formula is C25H32N3O3S-. The molecule has 32 heavy (non-hydrogen) atoms. The molecule has 7 heteroatoms. The highest BCUT2D eigenvalue weighted by Gasteiger charge is 2.24. The summed E-state index contributed by atoms with van der Waals surface area (Å²) in [6.07, 6.45) is 0.653. The van der Waals surface area contributed by atoms with E-state index in [1.165, 1.54) is 22.1 Å². The van der Waals surface area contributed by atoms with Crippen molar-refractivity contribution in [1.82, 2.24) is 14.9 Å². The van der Waals surface area contributed by atoms with Gasteiger partial charge in [0, 0.05) is 46.7 Å². The van der Waals surface area contributed by atoms with Crippen LogP contribution in [0.2, 0.25) is 0 Å². The zero-order valence-corrected chi connectivity index (χ0v) is 20.1. The quantitative estimate of drug-likeness (QED) is 0.527. The Bertz CT molecular complexity index is 1100. The molecule has 2 unspecified atom stereocenters. The summed E-state index contributed by atoms with van der Waals surface area (Å²) < 4.78 is 27.8. The Labute approximate surface area is 192 Å². The number of benzene rings is 1. The van der Waals surface area contributed by atoms with Gasteiger partial charge in [0.1, 0.15) is 0 Å². The molecule has 1 saturated heterocycles. The molecule has 172 valence electrons. The highest BCUT2D eigenvalue weighted by atomic mass is 32.2. The van der Waals surface area contributed by atoms with E-state index in [9.17, 15) is 8.76 Å². The molecule has 6 nitrogen and oxygen atoms in total. The van der Waals surface area contributed by atoms with Crippen molar-refractivity contribution in [2.75, 3.05) is 32.0 Å². The Morgan fingerprint density at radius 2 is 2.00 bits per heavy atom. The summed E-state index contributed by atoms with van der Waals surface area (Å²) in [7, 11) is 0. The summed E-state index contributed by atoms with van der Waals surface area (Å²) >= 11 is -1.97. The molecule has 1 N–H and O–H groups in total. The molecule has 0 bridgehead atoms. The van der Waals surface area contributed by atoms with Crippen LogP contribution in [0.5, 0.6) is 0 Å². The minimum atomic E-state index is -1.97. The molecule has 0 spiro atoms. The fourth-order valence-electron chi connectivity index (χ4n) is 4.75. The van der Waals surface area contributed by atoms with Gasteiger partial charge in [0.05, 0.1) is 18.4 Å². The van der Waals surface area contributed by atoms with Gasteiger partial charge in [-0.1, -0.05) is 31.0 Å². The van der Waals surface area contributed by atoms with Crippen molar-refractivity contribution in [3.63, 3.8) is 0 Å². The zero-order valence-electron chi connectivity index (χ0n) is 19.3. The minimum absolute atomic E-state index is 0.00493. The van der Waals surface area contributed by atoms with Crippen LogP contribution in [0, 0.1) is 13.8 Å². The van der Waals surface area contributed by atoms with Crippen LogP contribution in [0.3, 0.4) is 0 Å². The van der Waals surface area contributed by atoms with Crippen molar-refractivity contribution in [1.29, 1.82) is 0 Å². The zero-order chi connectivity index (χ0) is 22.8. The maximum Gasteiger partial charge on any atom is 0.0952 e. The third-order valence-corrected chi connectivity index (χ3v) is 6.74. The number of ether oxygens (including phenoxy) is 1. The van der Waals surface area contributed by atoms with Crippen LogP contribution in [0.25, 0.3) is 22.2 Å². The van der Waals surface area contributed by atoms with Crippen molar-refractivity contribution in [2.24, 2.45) is 0 Å². The van der Waals surface area contributed by atoms with E-state index in [4.69, 9.17) is 4.74 Å². The molecule has 1 fully saturated rings. The number of rotatable bonds is 7. The van der Waals surface area contributed by atoms with Crippen LogP contribution in [-0.2, 0) is 15.8 Å². The van der Waals surface area contributed by atoms with E-state index in [1.807, 2.05) is 13.8 Å². The first-order chi connectivity index (χ1) is 15.3. The van der Waals surface area contributed by atoms with Crippen LogP contribution in [0.1, 0.15) is 54.8 Å². The van der Waals surface area contributed by atoms with Gasteiger partial charge in [-0.2, -0.15) is 0 Å². The van der Waals surface area contributed by atoms with E-state index in [2.05, 4.69) is 59.0 Å². The second-order valence-electron chi connectivity index (χ2n) is 9.03. The number of aromatic amines is 1. The fraction of sp³-hybridized carbons (Fsp3) is 0.480.